The molecule has 254 valence electrons. The second-order valence-electron chi connectivity index (χ2n) is 12.5. The van der Waals surface area contributed by atoms with Gasteiger partial charge < -0.3 is 19.3 Å². The molecule has 1 saturated carbocycles. The van der Waals surface area contributed by atoms with E-state index in [9.17, 15) is 28.3 Å². The van der Waals surface area contributed by atoms with E-state index < -0.39 is 29.9 Å². The van der Waals surface area contributed by atoms with Crippen molar-refractivity contribution >= 4 is 27.8 Å². The number of pyridine rings is 1. The predicted octanol–water partition coefficient (Wildman–Crippen LogP) is 3.28. The molecule has 1 aliphatic carbocycles. The first kappa shape index (κ1) is 33.8. The lowest BCUT2D eigenvalue weighted by Gasteiger charge is -2.52. The van der Waals surface area contributed by atoms with Crippen LogP contribution < -0.4 is 0 Å². The number of carbonyl (C=O) groups excluding carboxylic acids is 1. The van der Waals surface area contributed by atoms with Gasteiger partial charge in [0.1, 0.15) is 35.8 Å². The zero-order valence-electron chi connectivity index (χ0n) is 26.7. The van der Waals surface area contributed by atoms with E-state index >= 15 is 0 Å². The summed E-state index contributed by atoms with van der Waals surface area (Å²) in [5.74, 6) is 0.410. The number of hydrogen-bond acceptors (Lipinski definition) is 9. The zero-order valence-corrected chi connectivity index (χ0v) is 27.5. The summed E-state index contributed by atoms with van der Waals surface area (Å²) in [4.78, 5) is 29.4. The number of ether oxygens (including phenoxy) is 1. The number of piperazine rings is 1. The topological polar surface area (TPSA) is 138 Å². The van der Waals surface area contributed by atoms with Crippen molar-refractivity contribution in [1.82, 2.24) is 39.1 Å². The van der Waals surface area contributed by atoms with Gasteiger partial charge in [-0.25, -0.2) is 15.0 Å². The SMILES string of the molecule is C[S+](C)CCOCn1ccc2c(-c3cnn(C4(CC#N)CC(N5CCN(C(=O)c6cc(CO)cc(C(F)(F)F)n6)CC5)C4)c3)ncnc21. The minimum absolute atomic E-state index is 0.0192. The van der Waals surface area contributed by atoms with Gasteiger partial charge in [0, 0.05) is 55.6 Å². The van der Waals surface area contributed by atoms with Gasteiger partial charge in [0.2, 0.25) is 0 Å². The minimum Gasteiger partial charge on any atom is -0.392 e. The molecule has 48 heavy (non-hydrogen) atoms. The molecule has 1 saturated heterocycles. The third kappa shape index (κ3) is 6.91. The maximum Gasteiger partial charge on any atom is 0.433 e. The second-order valence-corrected chi connectivity index (χ2v) is 14.9. The van der Waals surface area contributed by atoms with Crippen molar-refractivity contribution in [3.63, 3.8) is 0 Å². The van der Waals surface area contributed by atoms with Crippen molar-refractivity contribution in [2.45, 2.75) is 50.4 Å². The molecule has 0 atom stereocenters. The van der Waals surface area contributed by atoms with E-state index in [1.807, 2.05) is 27.7 Å². The molecule has 0 bridgehead atoms. The van der Waals surface area contributed by atoms with Crippen LogP contribution in [0.1, 0.15) is 41.0 Å². The number of aliphatic hydroxyl groups is 1. The molecule has 1 amide bonds. The highest BCUT2D eigenvalue weighted by molar-refractivity contribution is 7.95. The van der Waals surface area contributed by atoms with Gasteiger partial charge in [-0.05, 0) is 47.5 Å². The van der Waals surface area contributed by atoms with Gasteiger partial charge in [0.25, 0.3) is 5.91 Å². The Morgan fingerprint density at radius 3 is 2.65 bits per heavy atom. The smallest absolute Gasteiger partial charge is 0.392 e. The van der Waals surface area contributed by atoms with Crippen LogP contribution in [0.4, 0.5) is 13.2 Å². The fraction of sp³-hybridized carbons (Fsp3) is 0.500. The number of amides is 1. The average molecular weight is 685 g/mol. The number of halogens is 3. The van der Waals surface area contributed by atoms with E-state index in [2.05, 4.69) is 43.5 Å². The van der Waals surface area contributed by atoms with E-state index in [0.717, 1.165) is 34.1 Å². The number of alkyl halides is 3. The molecule has 4 aromatic rings. The van der Waals surface area contributed by atoms with Crippen LogP contribution in [0.2, 0.25) is 0 Å². The monoisotopic (exact) mass is 684 g/mol. The molecule has 2 aliphatic rings. The highest BCUT2D eigenvalue weighted by atomic mass is 32.2. The van der Waals surface area contributed by atoms with E-state index in [-0.39, 0.29) is 23.7 Å². The summed E-state index contributed by atoms with van der Waals surface area (Å²) in [6.45, 7) is 2.17. The molecule has 0 aromatic carbocycles. The van der Waals surface area contributed by atoms with Crippen LogP contribution in [-0.4, -0.2) is 107 Å². The van der Waals surface area contributed by atoms with Gasteiger partial charge in [0.15, 0.2) is 0 Å². The van der Waals surface area contributed by atoms with Crippen molar-refractivity contribution in [2.75, 3.05) is 51.1 Å². The Bertz CT molecular complexity index is 1810. The molecule has 1 aliphatic heterocycles. The number of aliphatic hydroxyl groups excluding tert-OH is 1. The third-order valence-electron chi connectivity index (χ3n) is 9.10. The number of fused-ring (bicyclic) bond motifs is 1. The molecular weight excluding hydrogens is 647 g/mol. The molecule has 1 N–H and O–H groups in total. The van der Waals surface area contributed by atoms with Crippen molar-refractivity contribution < 1.29 is 27.8 Å². The van der Waals surface area contributed by atoms with Crippen LogP contribution in [0.25, 0.3) is 22.3 Å². The highest BCUT2D eigenvalue weighted by Gasteiger charge is 2.49. The van der Waals surface area contributed by atoms with Crippen molar-refractivity contribution in [3.05, 3.63) is 60.1 Å². The molecule has 6 rings (SSSR count). The summed E-state index contributed by atoms with van der Waals surface area (Å²) in [5, 5.41) is 24.7. The molecule has 16 heteroatoms. The highest BCUT2D eigenvalue weighted by Crippen LogP contribution is 2.45. The molecule has 5 heterocycles. The molecule has 0 radical (unpaired) electrons. The lowest BCUT2D eigenvalue weighted by atomic mass is 9.70. The quantitative estimate of drug-likeness (QED) is 0.186. The van der Waals surface area contributed by atoms with Gasteiger partial charge in [-0.15, -0.1) is 0 Å². The molecular formula is C32H37F3N9O3S+. The maximum absolute atomic E-state index is 13.3. The number of carbonyl (C=O) groups is 1. The van der Waals surface area contributed by atoms with Gasteiger partial charge >= 0.3 is 6.18 Å². The van der Waals surface area contributed by atoms with Gasteiger partial charge in [-0.3, -0.25) is 14.4 Å². The van der Waals surface area contributed by atoms with Crippen LogP contribution in [-0.2, 0) is 40.7 Å². The lowest BCUT2D eigenvalue weighted by Crippen LogP contribution is -2.60. The van der Waals surface area contributed by atoms with Crippen molar-refractivity contribution in [2.24, 2.45) is 0 Å². The van der Waals surface area contributed by atoms with E-state index in [1.165, 1.54) is 17.3 Å². The Morgan fingerprint density at radius 1 is 1.19 bits per heavy atom. The fourth-order valence-electron chi connectivity index (χ4n) is 6.45. The number of rotatable bonds is 11. The molecule has 0 unspecified atom stereocenters. The van der Waals surface area contributed by atoms with Crippen LogP contribution in [0, 0.1) is 11.3 Å². The minimum atomic E-state index is -4.73. The summed E-state index contributed by atoms with van der Waals surface area (Å²) >= 11 is 0. The average Bonchev–Trinajstić information content (AvgIpc) is 3.72. The number of aromatic nitrogens is 6. The first-order valence-electron chi connectivity index (χ1n) is 15.6. The zero-order chi connectivity index (χ0) is 34.1. The summed E-state index contributed by atoms with van der Waals surface area (Å²) < 4.78 is 49.6. The molecule has 2 fully saturated rings. The Morgan fingerprint density at radius 2 is 1.96 bits per heavy atom. The maximum atomic E-state index is 13.3. The van der Waals surface area contributed by atoms with Crippen LogP contribution in [0.5, 0.6) is 0 Å². The van der Waals surface area contributed by atoms with Gasteiger partial charge in [-0.2, -0.15) is 23.5 Å². The summed E-state index contributed by atoms with van der Waals surface area (Å²) in [7, 11) is 0.316. The molecule has 0 spiro atoms. The van der Waals surface area contributed by atoms with Crippen molar-refractivity contribution in [3.8, 4) is 17.3 Å². The van der Waals surface area contributed by atoms with E-state index in [4.69, 9.17) is 4.74 Å². The van der Waals surface area contributed by atoms with Crippen LogP contribution in [0.15, 0.2) is 43.1 Å². The van der Waals surface area contributed by atoms with Crippen LogP contribution >= 0.6 is 0 Å². The first-order valence-corrected chi connectivity index (χ1v) is 17.8. The second kappa shape index (κ2) is 13.8. The Labute approximate surface area is 278 Å². The fourth-order valence-corrected chi connectivity index (χ4v) is 6.90. The lowest BCUT2D eigenvalue weighted by molar-refractivity contribution is -0.141. The van der Waals surface area contributed by atoms with Crippen molar-refractivity contribution in [1.29, 1.82) is 5.26 Å². The normalized spacial score (nSPS) is 20.3. The molecule has 4 aromatic heterocycles. The van der Waals surface area contributed by atoms with E-state index in [0.29, 0.717) is 63.3 Å². The Kier molecular flexibility index (Phi) is 9.75. The summed E-state index contributed by atoms with van der Waals surface area (Å²) in [6, 6.07) is 6.41. The predicted molar refractivity (Wildman–Crippen MR) is 173 cm³/mol. The number of hydrogen-bond donors (Lipinski definition) is 1. The number of nitriles is 1. The largest absolute Gasteiger partial charge is 0.433 e. The van der Waals surface area contributed by atoms with Gasteiger partial charge in [0.05, 0.1) is 55.6 Å². The Hall–Kier alpha value is -4.04. The summed E-state index contributed by atoms with van der Waals surface area (Å²) in [6.07, 6.45) is 8.47. The third-order valence-corrected chi connectivity index (χ3v) is 10.1. The van der Waals surface area contributed by atoms with E-state index in [1.54, 1.807) is 6.20 Å². The summed E-state index contributed by atoms with van der Waals surface area (Å²) in [5.41, 5.74) is 0.296. The standard InChI is InChI=1S/C32H37F3N9O3S/c1-48(2)12-11-47-21-43-6-3-25-28(37-20-38-29(25)43)23-17-39-44(18-23)31(4-5-36)15-24(16-31)41-7-9-42(10-8-41)30(46)26-13-22(19-45)14-27(40-26)32(33,34)35/h3,6,13-14,17-18,20,24,45H,4,7-12,15-16,19,21H2,1-2H3/q+1. The number of nitrogens with zero attached hydrogens (tertiary/aromatic N) is 9. The van der Waals surface area contributed by atoms with Gasteiger partial charge in [-0.1, -0.05) is 0 Å². The molecule has 12 nitrogen and oxygen atoms in total. The van der Waals surface area contributed by atoms with Crippen LogP contribution in [0.3, 0.4) is 0 Å². The first-order chi connectivity index (χ1) is 23.0. The Balaban J connectivity index is 1.10.